The normalized spacial score (nSPS) is 36.8. The maximum absolute atomic E-state index is 13.6. The molecule has 11 atom stereocenters. The molecule has 11 heteroatoms. The van der Waals surface area contributed by atoms with Crippen molar-refractivity contribution in [2.45, 2.75) is 153 Å². The van der Waals surface area contributed by atoms with Crippen LogP contribution in [-0.2, 0) is 19.0 Å². The fourth-order valence-corrected chi connectivity index (χ4v) is 7.51. The highest BCUT2D eigenvalue weighted by molar-refractivity contribution is 5.70. The molecular formula is C38H62N2O9. The van der Waals surface area contributed by atoms with Crippen LogP contribution in [0, 0.1) is 11.8 Å². The Labute approximate surface area is 293 Å². The minimum absolute atomic E-state index is 0.00973. The van der Waals surface area contributed by atoms with Crippen LogP contribution in [0.5, 0.6) is 0 Å². The Kier molecular flexibility index (Phi) is 13.9. The van der Waals surface area contributed by atoms with Crippen molar-refractivity contribution in [3.8, 4) is 0 Å². The molecule has 0 aromatic heterocycles. The minimum atomic E-state index is -1.48. The number of nitrogens with zero attached hydrogens (tertiary/aromatic N) is 2. The molecule has 4 heterocycles. The zero-order valence-electron chi connectivity index (χ0n) is 30.5. The summed E-state index contributed by atoms with van der Waals surface area (Å²) < 4.78 is 17.7. The molecule has 4 aliphatic rings. The summed E-state index contributed by atoms with van der Waals surface area (Å²) in [6.45, 7) is 14.5. The predicted molar refractivity (Wildman–Crippen MR) is 187 cm³/mol. The molecule has 4 N–H and O–H groups in total. The lowest BCUT2D eigenvalue weighted by atomic mass is 9.88. The van der Waals surface area contributed by atoms with Gasteiger partial charge in [0.05, 0.1) is 36.4 Å². The van der Waals surface area contributed by atoms with Crippen LogP contribution in [0.2, 0.25) is 0 Å². The van der Waals surface area contributed by atoms with E-state index in [0.29, 0.717) is 25.0 Å². The molecule has 0 spiro atoms. The van der Waals surface area contributed by atoms with Crippen molar-refractivity contribution in [1.82, 2.24) is 9.80 Å². The standard InChI is InChI=1S/C38H62N2O9/c1-7-30(42)27(4)35-31(47-35)23-37(5,45)17-10-12-25(2)34-26(3)14-15-32(38(6,46)18-16-29(41)22-33(43)49-34)48-36(44)40-21-11-13-28(40)24-39-19-8-9-20-39/h10,12,14-15,17,26-32,34-35,41-42,45-46H,7-9,11,13,16,18-24H2,1-6H3/b15-14+,17-10+,25-12+/t26?,27?,28-,29?,30?,31?,32?,34?,35?,37?,38?/m0/s1. The summed E-state index contributed by atoms with van der Waals surface area (Å²) in [5.74, 6) is -0.933. The van der Waals surface area contributed by atoms with Gasteiger partial charge in [-0.2, -0.15) is 0 Å². The number of esters is 1. The van der Waals surface area contributed by atoms with Crippen LogP contribution in [0.1, 0.15) is 99.3 Å². The Hall–Kier alpha value is -2.28. The molecule has 1 amide bonds. The summed E-state index contributed by atoms with van der Waals surface area (Å²) in [5, 5.41) is 43.4. The molecule has 0 saturated carbocycles. The first-order valence-corrected chi connectivity index (χ1v) is 18.5. The number of aliphatic hydroxyl groups is 4. The van der Waals surface area contributed by atoms with E-state index < -0.39 is 47.7 Å². The lowest BCUT2D eigenvalue weighted by Gasteiger charge is -2.35. The lowest BCUT2D eigenvalue weighted by Crippen LogP contribution is -2.48. The number of ether oxygens (including phenoxy) is 3. The highest BCUT2D eigenvalue weighted by atomic mass is 16.6. The van der Waals surface area contributed by atoms with Gasteiger partial charge in [-0.15, -0.1) is 0 Å². The Morgan fingerprint density at radius 2 is 1.92 bits per heavy atom. The number of allylic oxidation sites excluding steroid dienone is 2. The molecule has 0 radical (unpaired) electrons. The van der Waals surface area contributed by atoms with Crippen LogP contribution >= 0.6 is 0 Å². The quantitative estimate of drug-likeness (QED) is 0.107. The third-order valence-corrected chi connectivity index (χ3v) is 10.9. The number of cyclic esters (lactones) is 1. The summed E-state index contributed by atoms with van der Waals surface area (Å²) in [4.78, 5) is 30.6. The Balaban J connectivity index is 1.46. The highest BCUT2D eigenvalue weighted by Gasteiger charge is 2.47. The number of hydrogen-bond donors (Lipinski definition) is 4. The van der Waals surface area contributed by atoms with Gasteiger partial charge in [-0.3, -0.25) is 4.79 Å². The Bertz CT molecular complexity index is 1190. The summed E-state index contributed by atoms with van der Waals surface area (Å²) in [6.07, 6.45) is 10.1. The lowest BCUT2D eigenvalue weighted by molar-refractivity contribution is -0.151. The van der Waals surface area contributed by atoms with Crippen LogP contribution in [0.15, 0.2) is 36.0 Å². The molecule has 278 valence electrons. The Morgan fingerprint density at radius 1 is 1.20 bits per heavy atom. The van der Waals surface area contributed by atoms with E-state index in [-0.39, 0.29) is 49.3 Å². The first kappa shape index (κ1) is 39.5. The fourth-order valence-electron chi connectivity index (χ4n) is 7.51. The van der Waals surface area contributed by atoms with E-state index in [0.717, 1.165) is 32.5 Å². The van der Waals surface area contributed by atoms with E-state index in [1.807, 2.05) is 33.8 Å². The van der Waals surface area contributed by atoms with Gasteiger partial charge in [0.25, 0.3) is 0 Å². The van der Waals surface area contributed by atoms with Gasteiger partial charge in [0, 0.05) is 37.4 Å². The van der Waals surface area contributed by atoms with Crippen molar-refractivity contribution in [3.63, 3.8) is 0 Å². The van der Waals surface area contributed by atoms with Crippen LogP contribution in [-0.4, -0.2) is 122 Å². The fraction of sp³-hybridized carbons (Fsp3) is 0.789. The molecule has 0 aromatic rings. The monoisotopic (exact) mass is 690 g/mol. The second-order valence-corrected chi connectivity index (χ2v) is 15.5. The molecule has 4 aliphatic heterocycles. The maximum Gasteiger partial charge on any atom is 0.410 e. The summed E-state index contributed by atoms with van der Waals surface area (Å²) in [6, 6.07) is 0.0766. The first-order valence-electron chi connectivity index (χ1n) is 18.5. The van der Waals surface area contributed by atoms with Crippen molar-refractivity contribution >= 4 is 12.1 Å². The number of likely N-dealkylation sites (tertiary alicyclic amines) is 2. The van der Waals surface area contributed by atoms with Gasteiger partial charge < -0.3 is 44.4 Å². The average molecular weight is 691 g/mol. The highest BCUT2D eigenvalue weighted by Crippen LogP contribution is 2.37. The molecule has 3 fully saturated rings. The van der Waals surface area contributed by atoms with Gasteiger partial charge in [-0.1, -0.05) is 45.1 Å². The van der Waals surface area contributed by atoms with Crippen LogP contribution in [0.3, 0.4) is 0 Å². The smallest absolute Gasteiger partial charge is 0.410 e. The molecule has 49 heavy (non-hydrogen) atoms. The zero-order chi connectivity index (χ0) is 35.9. The van der Waals surface area contributed by atoms with Crippen molar-refractivity contribution in [2.24, 2.45) is 11.8 Å². The molecule has 4 rings (SSSR count). The summed E-state index contributed by atoms with van der Waals surface area (Å²) >= 11 is 0. The van der Waals surface area contributed by atoms with Crippen molar-refractivity contribution < 1.29 is 44.2 Å². The van der Waals surface area contributed by atoms with E-state index in [9.17, 15) is 30.0 Å². The average Bonchev–Trinajstić information content (AvgIpc) is 3.37. The SMILES string of the molecule is CCC(O)C(C)C1OC1CC(C)(O)/C=C/C=C(\C)C1OC(=O)CC(O)CCC(C)(O)C(OC(=O)N2CCC[C@H]2CN2CCCC2)/C=C/C1C. The number of rotatable bonds is 11. The summed E-state index contributed by atoms with van der Waals surface area (Å²) in [7, 11) is 0. The number of aliphatic hydroxyl groups excluding tert-OH is 2. The van der Waals surface area contributed by atoms with Gasteiger partial charge in [0.15, 0.2) is 6.10 Å². The van der Waals surface area contributed by atoms with Gasteiger partial charge >= 0.3 is 12.1 Å². The number of hydrogen-bond acceptors (Lipinski definition) is 10. The number of carbonyl (C=O) groups is 2. The predicted octanol–water partition coefficient (Wildman–Crippen LogP) is 4.27. The second-order valence-electron chi connectivity index (χ2n) is 15.5. The Morgan fingerprint density at radius 3 is 2.61 bits per heavy atom. The third kappa shape index (κ3) is 11.4. The van der Waals surface area contributed by atoms with E-state index in [2.05, 4.69) is 4.90 Å². The van der Waals surface area contributed by atoms with E-state index in [1.54, 1.807) is 43.1 Å². The molecule has 0 aliphatic carbocycles. The minimum Gasteiger partial charge on any atom is -0.457 e. The van der Waals surface area contributed by atoms with Crippen molar-refractivity contribution in [1.29, 1.82) is 0 Å². The van der Waals surface area contributed by atoms with Gasteiger partial charge in [-0.05, 0) is 90.5 Å². The third-order valence-electron chi connectivity index (χ3n) is 10.9. The van der Waals surface area contributed by atoms with Crippen LogP contribution < -0.4 is 0 Å². The number of amides is 1. The molecule has 11 nitrogen and oxygen atoms in total. The van der Waals surface area contributed by atoms with E-state index in [1.165, 1.54) is 12.8 Å². The van der Waals surface area contributed by atoms with Crippen molar-refractivity contribution in [2.75, 3.05) is 26.2 Å². The number of epoxide rings is 1. The molecule has 10 unspecified atom stereocenters. The van der Waals surface area contributed by atoms with E-state index in [4.69, 9.17) is 14.2 Å². The molecule has 3 saturated heterocycles. The van der Waals surface area contributed by atoms with Gasteiger partial charge in [0.2, 0.25) is 0 Å². The maximum atomic E-state index is 13.6. The molecule has 0 bridgehead atoms. The van der Waals surface area contributed by atoms with Crippen molar-refractivity contribution in [3.05, 3.63) is 36.0 Å². The topological polar surface area (TPSA) is 153 Å². The van der Waals surface area contributed by atoms with E-state index >= 15 is 0 Å². The largest absolute Gasteiger partial charge is 0.457 e. The zero-order valence-corrected chi connectivity index (χ0v) is 30.5. The van der Waals surface area contributed by atoms with Gasteiger partial charge in [-0.25, -0.2) is 4.79 Å². The van der Waals surface area contributed by atoms with Gasteiger partial charge in [0.1, 0.15) is 11.7 Å². The van der Waals surface area contributed by atoms with Crippen LogP contribution in [0.4, 0.5) is 4.79 Å². The summed E-state index contributed by atoms with van der Waals surface area (Å²) in [5.41, 5.74) is -1.92. The van der Waals surface area contributed by atoms with Crippen LogP contribution in [0.25, 0.3) is 0 Å². The first-order chi connectivity index (χ1) is 23.1. The molecular weight excluding hydrogens is 628 g/mol. The second kappa shape index (κ2) is 17.3. The molecule has 0 aromatic carbocycles. The number of carbonyl (C=O) groups excluding carboxylic acids is 2.